The summed E-state index contributed by atoms with van der Waals surface area (Å²) in [5, 5.41) is -1.06. The minimum absolute atomic E-state index is 0.212. The van der Waals surface area contributed by atoms with Gasteiger partial charge in [0, 0.05) is 24.1 Å². The number of hydrazine groups is 1. The fourth-order valence-corrected chi connectivity index (χ4v) is 4.53. The molecule has 0 saturated carbocycles. The highest BCUT2D eigenvalue weighted by Gasteiger charge is 2.48. The molecule has 2 N–H and O–H groups in total. The van der Waals surface area contributed by atoms with Crippen LogP contribution >= 0.6 is 15.9 Å². The zero-order valence-electron chi connectivity index (χ0n) is 13.8. The number of carbonyl (C=O) groups excluding carboxylic acids is 1. The standard InChI is InChI=1S/C15H22BrN3O4S/c1-4-23-15(20)13-10(2)17-18-14(13)24(21,22)19(3)9-11-5-7-12(16)8-6-11/h5-8,10,13-14,17-18H,4,9H2,1-3H3. The smallest absolute Gasteiger partial charge is 0.313 e. The highest BCUT2D eigenvalue weighted by Crippen LogP contribution is 2.24. The van der Waals surface area contributed by atoms with Crippen molar-refractivity contribution in [3.63, 3.8) is 0 Å². The number of benzene rings is 1. The van der Waals surface area contributed by atoms with Crippen LogP contribution in [0.3, 0.4) is 0 Å². The summed E-state index contributed by atoms with van der Waals surface area (Å²) in [5.41, 5.74) is 6.41. The SMILES string of the molecule is CCOC(=O)C1C(C)NNC1S(=O)(=O)N(C)Cc1ccc(Br)cc1. The van der Waals surface area contributed by atoms with Crippen LogP contribution in [0.5, 0.6) is 0 Å². The molecular weight excluding hydrogens is 398 g/mol. The van der Waals surface area contributed by atoms with Crippen molar-refractivity contribution in [1.29, 1.82) is 0 Å². The predicted molar refractivity (Wildman–Crippen MR) is 94.2 cm³/mol. The van der Waals surface area contributed by atoms with E-state index in [1.165, 1.54) is 11.4 Å². The second kappa shape index (κ2) is 7.92. The molecule has 0 radical (unpaired) electrons. The molecular formula is C15H22BrN3O4S. The fourth-order valence-electron chi connectivity index (χ4n) is 2.61. The van der Waals surface area contributed by atoms with Crippen molar-refractivity contribution in [2.24, 2.45) is 5.92 Å². The van der Waals surface area contributed by atoms with E-state index in [0.29, 0.717) is 0 Å². The van der Waals surface area contributed by atoms with E-state index in [1.54, 1.807) is 13.8 Å². The van der Waals surface area contributed by atoms with E-state index in [-0.39, 0.29) is 19.2 Å². The topological polar surface area (TPSA) is 87.7 Å². The molecule has 7 nitrogen and oxygen atoms in total. The number of esters is 1. The molecule has 3 unspecified atom stereocenters. The molecule has 3 atom stereocenters. The summed E-state index contributed by atoms with van der Waals surface area (Å²) in [5.74, 6) is -1.32. The van der Waals surface area contributed by atoms with Crippen molar-refractivity contribution in [3.8, 4) is 0 Å². The Hall–Kier alpha value is -1.00. The van der Waals surface area contributed by atoms with Gasteiger partial charge in [-0.05, 0) is 31.5 Å². The fraction of sp³-hybridized carbons (Fsp3) is 0.533. The maximum absolute atomic E-state index is 12.9. The van der Waals surface area contributed by atoms with Gasteiger partial charge in [-0.1, -0.05) is 28.1 Å². The molecule has 2 rings (SSSR count). The summed E-state index contributed by atoms with van der Waals surface area (Å²) in [6, 6.07) is 7.07. The van der Waals surface area contributed by atoms with Crippen molar-refractivity contribution in [1.82, 2.24) is 15.2 Å². The second-order valence-corrected chi connectivity index (χ2v) is 8.78. The highest BCUT2D eigenvalue weighted by molar-refractivity contribution is 9.10. The third-order valence-electron chi connectivity index (χ3n) is 3.95. The first-order valence-corrected chi connectivity index (χ1v) is 9.94. The molecule has 1 aromatic carbocycles. The van der Waals surface area contributed by atoms with Crippen molar-refractivity contribution >= 4 is 31.9 Å². The number of rotatable bonds is 6. The van der Waals surface area contributed by atoms with Gasteiger partial charge in [-0.2, -0.15) is 4.31 Å². The van der Waals surface area contributed by atoms with Gasteiger partial charge in [0.15, 0.2) is 5.37 Å². The molecule has 0 spiro atoms. The first-order valence-electron chi connectivity index (χ1n) is 7.64. The number of carbonyl (C=O) groups is 1. The Morgan fingerprint density at radius 3 is 2.50 bits per heavy atom. The molecule has 9 heteroatoms. The van der Waals surface area contributed by atoms with E-state index in [9.17, 15) is 13.2 Å². The van der Waals surface area contributed by atoms with E-state index >= 15 is 0 Å². The first kappa shape index (κ1) is 19.3. The Labute approximate surface area is 150 Å². The summed E-state index contributed by atoms with van der Waals surface area (Å²) < 4.78 is 33.0. The summed E-state index contributed by atoms with van der Waals surface area (Å²) in [4.78, 5) is 12.1. The largest absolute Gasteiger partial charge is 0.466 e. The first-order chi connectivity index (χ1) is 11.3. The molecule has 1 aliphatic heterocycles. The van der Waals surface area contributed by atoms with E-state index in [1.807, 2.05) is 24.3 Å². The zero-order chi connectivity index (χ0) is 17.9. The molecule has 1 heterocycles. The van der Waals surface area contributed by atoms with Crippen LogP contribution in [0.1, 0.15) is 19.4 Å². The highest BCUT2D eigenvalue weighted by atomic mass is 79.9. The molecule has 0 aromatic heterocycles. The molecule has 1 saturated heterocycles. The Morgan fingerprint density at radius 2 is 1.92 bits per heavy atom. The predicted octanol–water partition coefficient (Wildman–Crippen LogP) is 1.21. The average molecular weight is 420 g/mol. The maximum Gasteiger partial charge on any atom is 0.313 e. The number of ether oxygens (including phenoxy) is 1. The average Bonchev–Trinajstić information content (AvgIpc) is 2.92. The van der Waals surface area contributed by atoms with Crippen molar-refractivity contribution in [3.05, 3.63) is 34.3 Å². The summed E-state index contributed by atoms with van der Waals surface area (Å²) >= 11 is 3.35. The Morgan fingerprint density at radius 1 is 1.29 bits per heavy atom. The number of sulfonamides is 1. The van der Waals surface area contributed by atoms with E-state index in [4.69, 9.17) is 4.74 Å². The third-order valence-corrected chi connectivity index (χ3v) is 6.53. The summed E-state index contributed by atoms with van der Waals surface area (Å²) in [6.07, 6.45) is 0. The van der Waals surface area contributed by atoms with E-state index in [2.05, 4.69) is 26.8 Å². The van der Waals surface area contributed by atoms with Gasteiger partial charge in [0.25, 0.3) is 0 Å². The van der Waals surface area contributed by atoms with Crippen LogP contribution in [0.15, 0.2) is 28.7 Å². The van der Waals surface area contributed by atoms with Gasteiger partial charge < -0.3 is 4.74 Å². The number of nitrogens with one attached hydrogen (secondary N) is 2. The molecule has 0 bridgehead atoms. The summed E-state index contributed by atoms with van der Waals surface area (Å²) in [6.45, 7) is 3.88. The number of nitrogens with zero attached hydrogens (tertiary/aromatic N) is 1. The van der Waals surface area contributed by atoms with Gasteiger partial charge in [0.1, 0.15) is 5.92 Å². The van der Waals surface area contributed by atoms with Crippen LogP contribution in [0, 0.1) is 5.92 Å². The maximum atomic E-state index is 12.9. The molecule has 134 valence electrons. The molecule has 1 fully saturated rings. The van der Waals surface area contributed by atoms with Crippen LogP contribution in [0.25, 0.3) is 0 Å². The number of hydrogen-bond donors (Lipinski definition) is 2. The number of hydrogen-bond acceptors (Lipinski definition) is 6. The minimum Gasteiger partial charge on any atom is -0.466 e. The van der Waals surface area contributed by atoms with Crippen LogP contribution in [0.4, 0.5) is 0 Å². The lowest BCUT2D eigenvalue weighted by molar-refractivity contribution is -0.148. The van der Waals surface area contributed by atoms with Crippen LogP contribution < -0.4 is 10.9 Å². The summed E-state index contributed by atoms with van der Waals surface area (Å²) in [7, 11) is -2.24. The number of halogens is 1. The molecule has 1 aromatic rings. The zero-order valence-corrected chi connectivity index (χ0v) is 16.2. The van der Waals surface area contributed by atoms with Gasteiger partial charge in [-0.3, -0.25) is 10.2 Å². The minimum atomic E-state index is -3.75. The van der Waals surface area contributed by atoms with Gasteiger partial charge >= 0.3 is 5.97 Å². The molecule has 24 heavy (non-hydrogen) atoms. The Balaban J connectivity index is 2.18. The second-order valence-electron chi connectivity index (χ2n) is 5.70. The monoisotopic (exact) mass is 419 g/mol. The Bertz CT molecular complexity index is 680. The Kier molecular flexibility index (Phi) is 6.38. The van der Waals surface area contributed by atoms with Gasteiger partial charge in [0.05, 0.1) is 6.61 Å². The lowest BCUT2D eigenvalue weighted by Gasteiger charge is -2.25. The van der Waals surface area contributed by atoms with Crippen LogP contribution in [-0.4, -0.2) is 43.8 Å². The van der Waals surface area contributed by atoms with Crippen molar-refractivity contribution in [2.75, 3.05) is 13.7 Å². The van der Waals surface area contributed by atoms with Gasteiger partial charge in [-0.15, -0.1) is 0 Å². The van der Waals surface area contributed by atoms with E-state index in [0.717, 1.165) is 10.0 Å². The lowest BCUT2D eigenvalue weighted by atomic mass is 10.0. The quantitative estimate of drug-likeness (QED) is 0.673. The third kappa shape index (κ3) is 4.15. The molecule has 0 aliphatic carbocycles. The molecule has 1 aliphatic rings. The van der Waals surface area contributed by atoms with Crippen molar-refractivity contribution in [2.45, 2.75) is 31.8 Å². The van der Waals surface area contributed by atoms with Gasteiger partial charge in [0.2, 0.25) is 10.0 Å². The van der Waals surface area contributed by atoms with Crippen LogP contribution in [0.2, 0.25) is 0 Å². The normalized spacial score (nSPS) is 24.3. The molecule has 0 amide bonds. The van der Waals surface area contributed by atoms with Crippen LogP contribution in [-0.2, 0) is 26.1 Å². The lowest BCUT2D eigenvalue weighted by Crippen LogP contribution is -2.47. The van der Waals surface area contributed by atoms with Crippen molar-refractivity contribution < 1.29 is 17.9 Å². The van der Waals surface area contributed by atoms with E-state index < -0.39 is 27.3 Å². The van der Waals surface area contributed by atoms with Gasteiger partial charge in [-0.25, -0.2) is 13.8 Å².